The van der Waals surface area contributed by atoms with E-state index >= 15 is 0 Å². The molecule has 13 heavy (non-hydrogen) atoms. The molecule has 0 bridgehead atoms. The molecule has 2 rings (SSSR count). The van der Waals surface area contributed by atoms with Gasteiger partial charge in [-0.15, -0.1) is 0 Å². The summed E-state index contributed by atoms with van der Waals surface area (Å²) in [7, 11) is 4.34. The average molecular weight is 175 g/mol. The van der Waals surface area contributed by atoms with Gasteiger partial charge in [0.05, 0.1) is 0 Å². The van der Waals surface area contributed by atoms with Crippen molar-refractivity contribution < 1.29 is 0 Å². The molecule has 0 heterocycles. The van der Waals surface area contributed by atoms with Crippen molar-refractivity contribution in [2.45, 2.75) is 25.3 Å². The van der Waals surface area contributed by atoms with Crippen LogP contribution in [0.1, 0.15) is 18.1 Å². The zero-order valence-corrected chi connectivity index (χ0v) is 8.67. The minimum atomic E-state index is 0.337. The lowest BCUT2D eigenvalue weighted by molar-refractivity contribution is 0.185. The maximum atomic E-state index is 2.34. The van der Waals surface area contributed by atoms with Gasteiger partial charge in [0.2, 0.25) is 0 Å². The Bertz CT molecular complexity index is 290. The van der Waals surface area contributed by atoms with Gasteiger partial charge in [-0.3, -0.25) is 0 Å². The summed E-state index contributed by atoms with van der Waals surface area (Å²) in [6.45, 7) is 2.34. The maximum Gasteiger partial charge on any atom is 0.0256 e. The van der Waals surface area contributed by atoms with Gasteiger partial charge in [0.15, 0.2) is 0 Å². The van der Waals surface area contributed by atoms with Crippen LogP contribution in [-0.2, 0) is 12.8 Å². The van der Waals surface area contributed by atoms with Gasteiger partial charge in [-0.05, 0) is 45.0 Å². The second kappa shape index (κ2) is 2.85. The fourth-order valence-corrected chi connectivity index (χ4v) is 2.10. The van der Waals surface area contributed by atoms with Gasteiger partial charge in [0.1, 0.15) is 0 Å². The summed E-state index contributed by atoms with van der Waals surface area (Å²) in [5.74, 6) is 0. The van der Waals surface area contributed by atoms with Crippen LogP contribution in [0.15, 0.2) is 24.3 Å². The molecular formula is C12H17N. The summed E-state index contributed by atoms with van der Waals surface area (Å²) >= 11 is 0. The Kier molecular flexibility index (Phi) is 1.92. The summed E-state index contributed by atoms with van der Waals surface area (Å²) in [5, 5.41) is 0. The van der Waals surface area contributed by atoms with E-state index in [2.05, 4.69) is 50.2 Å². The number of likely N-dealkylation sites (N-methyl/N-ethyl adjacent to an activating group) is 1. The molecule has 70 valence electrons. The molecule has 1 aromatic rings. The number of nitrogens with zero attached hydrogens (tertiary/aromatic N) is 1. The highest BCUT2D eigenvalue weighted by Crippen LogP contribution is 2.32. The average Bonchev–Trinajstić information content (AvgIpc) is 2.42. The second-order valence-corrected chi connectivity index (χ2v) is 4.51. The Morgan fingerprint density at radius 2 is 1.54 bits per heavy atom. The molecule has 1 aliphatic rings. The highest BCUT2D eigenvalue weighted by molar-refractivity contribution is 5.35. The molecule has 0 atom stereocenters. The van der Waals surface area contributed by atoms with Gasteiger partial charge >= 0.3 is 0 Å². The number of benzene rings is 1. The minimum absolute atomic E-state index is 0.337. The van der Waals surface area contributed by atoms with Crippen molar-refractivity contribution in [3.63, 3.8) is 0 Å². The van der Waals surface area contributed by atoms with Crippen molar-refractivity contribution >= 4 is 0 Å². The Hall–Kier alpha value is -0.820. The summed E-state index contributed by atoms with van der Waals surface area (Å²) in [6, 6.07) is 8.79. The monoisotopic (exact) mass is 175 g/mol. The van der Waals surface area contributed by atoms with E-state index in [0.717, 1.165) is 0 Å². The lowest BCUT2D eigenvalue weighted by atomic mass is 9.97. The van der Waals surface area contributed by atoms with E-state index in [4.69, 9.17) is 0 Å². The highest BCUT2D eigenvalue weighted by Gasteiger charge is 2.34. The molecule has 0 aliphatic heterocycles. The lowest BCUT2D eigenvalue weighted by Crippen LogP contribution is -2.41. The SMILES string of the molecule is CN(C)C1(C)Cc2ccccc2C1. The van der Waals surface area contributed by atoms with Crippen LogP contribution >= 0.6 is 0 Å². The van der Waals surface area contributed by atoms with Crippen LogP contribution in [0, 0.1) is 0 Å². The van der Waals surface area contributed by atoms with E-state index in [9.17, 15) is 0 Å². The van der Waals surface area contributed by atoms with Crippen LogP contribution in [0.25, 0.3) is 0 Å². The topological polar surface area (TPSA) is 3.24 Å². The molecule has 1 aromatic carbocycles. The lowest BCUT2D eigenvalue weighted by Gasteiger charge is -2.32. The zero-order chi connectivity index (χ0) is 9.47. The van der Waals surface area contributed by atoms with Crippen LogP contribution < -0.4 is 0 Å². The van der Waals surface area contributed by atoms with Gasteiger partial charge < -0.3 is 4.90 Å². The Balaban J connectivity index is 2.32. The van der Waals surface area contributed by atoms with Crippen molar-refractivity contribution in [3.8, 4) is 0 Å². The van der Waals surface area contributed by atoms with E-state index in [-0.39, 0.29) is 0 Å². The van der Waals surface area contributed by atoms with Gasteiger partial charge in [-0.25, -0.2) is 0 Å². The van der Waals surface area contributed by atoms with Crippen molar-refractivity contribution in [2.75, 3.05) is 14.1 Å². The fourth-order valence-electron chi connectivity index (χ4n) is 2.10. The number of hydrogen-bond donors (Lipinski definition) is 0. The van der Waals surface area contributed by atoms with E-state index in [0.29, 0.717) is 5.54 Å². The van der Waals surface area contributed by atoms with Crippen LogP contribution in [0.5, 0.6) is 0 Å². The standard InChI is InChI=1S/C12H17N/c1-12(13(2)3)8-10-6-4-5-7-11(10)9-12/h4-7H,8-9H2,1-3H3. The number of fused-ring (bicyclic) bond motifs is 1. The van der Waals surface area contributed by atoms with Gasteiger partial charge in [-0.1, -0.05) is 24.3 Å². The predicted molar refractivity (Wildman–Crippen MR) is 55.9 cm³/mol. The van der Waals surface area contributed by atoms with Crippen molar-refractivity contribution in [2.24, 2.45) is 0 Å². The van der Waals surface area contributed by atoms with E-state index in [1.807, 2.05) is 0 Å². The quantitative estimate of drug-likeness (QED) is 0.632. The summed E-state index contributed by atoms with van der Waals surface area (Å²) < 4.78 is 0. The third-order valence-electron chi connectivity index (χ3n) is 3.34. The summed E-state index contributed by atoms with van der Waals surface area (Å²) in [5.41, 5.74) is 3.39. The maximum absolute atomic E-state index is 2.34. The molecule has 0 unspecified atom stereocenters. The Labute approximate surface area is 80.4 Å². The Morgan fingerprint density at radius 3 is 1.92 bits per heavy atom. The zero-order valence-electron chi connectivity index (χ0n) is 8.67. The minimum Gasteiger partial charge on any atom is -0.303 e. The third-order valence-corrected chi connectivity index (χ3v) is 3.34. The molecule has 0 N–H and O–H groups in total. The van der Waals surface area contributed by atoms with Crippen LogP contribution in [0.2, 0.25) is 0 Å². The first-order chi connectivity index (χ1) is 6.12. The van der Waals surface area contributed by atoms with Crippen molar-refractivity contribution in [1.82, 2.24) is 4.90 Å². The molecule has 0 amide bonds. The van der Waals surface area contributed by atoms with Crippen molar-refractivity contribution in [3.05, 3.63) is 35.4 Å². The Morgan fingerprint density at radius 1 is 1.08 bits per heavy atom. The first-order valence-electron chi connectivity index (χ1n) is 4.86. The third kappa shape index (κ3) is 1.37. The molecular weight excluding hydrogens is 158 g/mol. The molecule has 1 nitrogen and oxygen atoms in total. The summed E-state index contributed by atoms with van der Waals surface area (Å²) in [6.07, 6.45) is 2.38. The second-order valence-electron chi connectivity index (χ2n) is 4.51. The normalized spacial score (nSPS) is 19.1. The molecule has 1 heteroatoms. The first kappa shape index (κ1) is 8.76. The molecule has 0 aromatic heterocycles. The van der Waals surface area contributed by atoms with Crippen molar-refractivity contribution in [1.29, 1.82) is 0 Å². The van der Waals surface area contributed by atoms with Crippen LogP contribution in [0.4, 0.5) is 0 Å². The van der Waals surface area contributed by atoms with Gasteiger partial charge in [0.25, 0.3) is 0 Å². The molecule has 0 spiro atoms. The molecule has 0 radical (unpaired) electrons. The molecule has 0 fully saturated rings. The van der Waals surface area contributed by atoms with Gasteiger partial charge in [-0.2, -0.15) is 0 Å². The predicted octanol–water partition coefficient (Wildman–Crippen LogP) is 2.11. The van der Waals surface area contributed by atoms with Crippen LogP contribution in [0.3, 0.4) is 0 Å². The largest absolute Gasteiger partial charge is 0.303 e. The molecule has 0 saturated heterocycles. The molecule has 1 aliphatic carbocycles. The van der Waals surface area contributed by atoms with E-state index < -0.39 is 0 Å². The summed E-state index contributed by atoms with van der Waals surface area (Å²) in [4.78, 5) is 2.34. The molecule has 0 saturated carbocycles. The van der Waals surface area contributed by atoms with E-state index in [1.165, 1.54) is 24.0 Å². The first-order valence-corrected chi connectivity index (χ1v) is 4.86. The van der Waals surface area contributed by atoms with E-state index in [1.54, 1.807) is 0 Å². The number of hydrogen-bond acceptors (Lipinski definition) is 1. The smallest absolute Gasteiger partial charge is 0.0256 e. The number of rotatable bonds is 1. The van der Waals surface area contributed by atoms with Crippen LogP contribution in [-0.4, -0.2) is 24.5 Å². The fraction of sp³-hybridized carbons (Fsp3) is 0.500. The van der Waals surface area contributed by atoms with Gasteiger partial charge in [0, 0.05) is 5.54 Å². The highest BCUT2D eigenvalue weighted by atomic mass is 15.1.